The van der Waals surface area contributed by atoms with Crippen molar-refractivity contribution in [2.45, 2.75) is 175 Å². The van der Waals surface area contributed by atoms with Gasteiger partial charge < -0.3 is 18.9 Å². The summed E-state index contributed by atoms with van der Waals surface area (Å²) in [6.45, 7) is 10.9. The van der Waals surface area contributed by atoms with Crippen LogP contribution in [0, 0.1) is 130 Å². The predicted molar refractivity (Wildman–Crippen MR) is 261 cm³/mol. The van der Waals surface area contributed by atoms with E-state index >= 15 is 0 Å². The summed E-state index contributed by atoms with van der Waals surface area (Å²) in [6, 6.07) is 0. The first-order valence-electron chi connectivity index (χ1n) is 27.2. The molecule has 0 amide bonds. The lowest BCUT2D eigenvalue weighted by Gasteiger charge is -2.60. The Morgan fingerprint density at radius 1 is 0.478 bits per heavy atom. The summed E-state index contributed by atoms with van der Waals surface area (Å²) in [4.78, 5) is 46.6. The molecule has 0 aromatic heterocycles. The molecule has 16 bridgehead atoms. The van der Waals surface area contributed by atoms with E-state index < -0.39 is 11.9 Å². The third-order valence-corrected chi connectivity index (χ3v) is 23.3. The Hall–Kier alpha value is -2.64. The van der Waals surface area contributed by atoms with Crippen LogP contribution in [0.15, 0.2) is 25.3 Å². The van der Waals surface area contributed by atoms with E-state index in [1.165, 1.54) is 143 Å². The van der Waals surface area contributed by atoms with E-state index in [4.69, 9.17) is 9.47 Å². The van der Waals surface area contributed by atoms with Gasteiger partial charge in [-0.25, -0.2) is 9.59 Å². The van der Waals surface area contributed by atoms with Crippen molar-refractivity contribution in [3.05, 3.63) is 25.3 Å². The number of hydrogen-bond donors (Lipinski definition) is 0. The Labute approximate surface area is 405 Å². The molecule has 16 rings (SSSR count). The molecule has 67 heavy (non-hydrogen) atoms. The zero-order chi connectivity index (χ0) is 45.1. The van der Waals surface area contributed by atoms with Crippen LogP contribution in [0.5, 0.6) is 0 Å². The molecule has 14 atom stereocenters. The van der Waals surface area contributed by atoms with Gasteiger partial charge in [0.25, 0.3) is 0 Å². The summed E-state index contributed by atoms with van der Waals surface area (Å²) in [6.07, 6.45) is 30.9. The topological polar surface area (TPSA) is 105 Å². The number of ether oxygens (including phenoxy) is 4. The first-order valence-corrected chi connectivity index (χ1v) is 27.2. The lowest BCUT2D eigenvalue weighted by Crippen LogP contribution is -2.60. The monoisotopic (exact) mass is 927 g/mol. The van der Waals surface area contributed by atoms with Gasteiger partial charge in [-0.05, 0) is 260 Å². The Bertz CT molecular complexity index is 1810. The fourth-order valence-electron chi connectivity index (χ4n) is 21.5. The van der Waals surface area contributed by atoms with Crippen molar-refractivity contribution < 1.29 is 38.1 Å². The van der Waals surface area contributed by atoms with Crippen LogP contribution >= 0.6 is 0 Å². The second-order valence-corrected chi connectivity index (χ2v) is 25.4. The second kappa shape index (κ2) is 18.8. The molecule has 16 aliphatic carbocycles. The van der Waals surface area contributed by atoms with Crippen LogP contribution in [-0.2, 0) is 38.1 Å². The van der Waals surface area contributed by atoms with E-state index in [-0.39, 0.29) is 49.8 Å². The highest BCUT2D eigenvalue weighted by atomic mass is 16.6. The van der Waals surface area contributed by atoms with Crippen molar-refractivity contribution in [1.82, 2.24) is 0 Å². The Balaban J connectivity index is 0.000000133. The molecule has 0 aliphatic heterocycles. The summed E-state index contributed by atoms with van der Waals surface area (Å²) in [5.41, 5.74) is -0.208. The first kappa shape index (κ1) is 49.3. The van der Waals surface area contributed by atoms with Crippen molar-refractivity contribution in [3.8, 4) is 0 Å². The number of esters is 4. The fourth-order valence-corrected chi connectivity index (χ4v) is 21.5. The summed E-state index contributed by atoms with van der Waals surface area (Å²) in [5.74, 6) is 17.6. The van der Waals surface area contributed by atoms with Crippen molar-refractivity contribution in [2.24, 2.45) is 130 Å². The largest absolute Gasteiger partial charge is 0.466 e. The van der Waals surface area contributed by atoms with Gasteiger partial charge >= 0.3 is 23.9 Å². The lowest BCUT2D eigenvalue weighted by molar-refractivity contribution is -0.216. The molecule has 0 heterocycles. The van der Waals surface area contributed by atoms with Crippen molar-refractivity contribution in [1.29, 1.82) is 0 Å². The van der Waals surface area contributed by atoms with Crippen molar-refractivity contribution in [3.63, 3.8) is 0 Å². The minimum atomic E-state index is -0.394. The van der Waals surface area contributed by atoms with Gasteiger partial charge in [0.1, 0.15) is 11.2 Å². The third-order valence-electron chi connectivity index (χ3n) is 23.3. The summed E-state index contributed by atoms with van der Waals surface area (Å²) in [7, 11) is 2.62. The molecule has 8 heteroatoms. The van der Waals surface area contributed by atoms with Gasteiger partial charge in [-0.2, -0.15) is 0 Å². The molecule has 0 saturated heterocycles. The molecule has 0 spiro atoms. The number of rotatable bonds is 7. The molecule has 14 unspecified atom stereocenters. The number of methoxy groups -OCH3 is 2. The van der Waals surface area contributed by atoms with E-state index in [9.17, 15) is 19.2 Å². The number of carbonyl (C=O) groups excluding carboxylic acids is 4. The molecule has 16 aliphatic rings. The summed E-state index contributed by atoms with van der Waals surface area (Å²) >= 11 is 0. The minimum absolute atomic E-state index is 0. The van der Waals surface area contributed by atoms with Gasteiger partial charge in [0.15, 0.2) is 0 Å². The van der Waals surface area contributed by atoms with E-state index in [0.717, 1.165) is 101 Å². The van der Waals surface area contributed by atoms with E-state index in [1.54, 1.807) is 0 Å². The maximum Gasteiger partial charge on any atom is 0.329 e. The molecule has 0 radical (unpaired) electrons. The Morgan fingerprint density at radius 3 is 1.18 bits per heavy atom. The molecule has 16 saturated carbocycles. The zero-order valence-electron chi connectivity index (χ0n) is 40.4. The molecular formula is C59H90O8. The van der Waals surface area contributed by atoms with Gasteiger partial charge in [-0.3, -0.25) is 9.59 Å². The summed E-state index contributed by atoms with van der Waals surface area (Å²) in [5, 5.41) is 0. The Kier molecular flexibility index (Phi) is 13.9. The van der Waals surface area contributed by atoms with Crippen LogP contribution in [0.2, 0.25) is 0 Å². The first-order chi connectivity index (χ1) is 31.4. The molecule has 374 valence electrons. The predicted octanol–water partition coefficient (Wildman–Crippen LogP) is 12.5. The number of hydrogen-bond acceptors (Lipinski definition) is 8. The van der Waals surface area contributed by atoms with Crippen LogP contribution < -0.4 is 0 Å². The molecule has 0 aromatic carbocycles. The lowest BCUT2D eigenvalue weighted by atomic mass is 9.49. The molecule has 16 fully saturated rings. The maximum absolute atomic E-state index is 13.6. The Morgan fingerprint density at radius 2 is 0.836 bits per heavy atom. The molecule has 8 nitrogen and oxygen atoms in total. The van der Waals surface area contributed by atoms with Gasteiger partial charge in [0.05, 0.1) is 26.1 Å². The van der Waals surface area contributed by atoms with Crippen molar-refractivity contribution >= 4 is 23.9 Å². The molecular weight excluding hydrogens is 837 g/mol. The normalized spacial score (nSPS) is 50.7. The van der Waals surface area contributed by atoms with Gasteiger partial charge in [0, 0.05) is 12.2 Å². The van der Waals surface area contributed by atoms with Crippen LogP contribution in [0.3, 0.4) is 0 Å². The van der Waals surface area contributed by atoms with E-state index in [2.05, 4.69) is 36.5 Å². The average Bonchev–Trinajstić information content (AvgIpc) is 4.18. The minimum Gasteiger partial charge on any atom is -0.466 e. The summed E-state index contributed by atoms with van der Waals surface area (Å²) < 4.78 is 21.5. The SMILES string of the molecule is C.C.C=CC(=O)OC.C=CC(=O)OC.CC1(OC(=O)C2CC3CC2C2C4CCC(C4)C32)C2CC3CC(C2)CC1C3.CCC1(OC(=O)C2CC3CC2C2C4CCC(C4)C32)C2CC3CC(C2)CC1C3. The maximum atomic E-state index is 13.6. The number of fused-ring (bicyclic) bond motifs is 18. The van der Waals surface area contributed by atoms with E-state index in [0.29, 0.717) is 35.5 Å². The number of carbonyl (C=O) groups is 4. The quantitative estimate of drug-likeness (QED) is 0.108. The third kappa shape index (κ3) is 8.03. The van der Waals surface area contributed by atoms with Crippen LogP contribution in [0.1, 0.15) is 164 Å². The highest BCUT2D eigenvalue weighted by molar-refractivity contribution is 5.81. The molecule has 0 N–H and O–H groups in total. The van der Waals surface area contributed by atoms with Crippen LogP contribution in [0.4, 0.5) is 0 Å². The van der Waals surface area contributed by atoms with E-state index in [1.807, 2.05) is 0 Å². The van der Waals surface area contributed by atoms with Gasteiger partial charge in [-0.15, -0.1) is 0 Å². The van der Waals surface area contributed by atoms with Gasteiger partial charge in [-0.1, -0.05) is 34.9 Å². The zero-order valence-corrected chi connectivity index (χ0v) is 40.4. The highest BCUT2D eigenvalue weighted by Crippen LogP contribution is 2.71. The highest BCUT2D eigenvalue weighted by Gasteiger charge is 2.67. The van der Waals surface area contributed by atoms with Gasteiger partial charge in [0.2, 0.25) is 0 Å². The van der Waals surface area contributed by atoms with Crippen molar-refractivity contribution in [2.75, 3.05) is 14.2 Å². The fraction of sp³-hybridized carbons (Fsp3) is 0.864. The average molecular weight is 927 g/mol. The molecule has 0 aromatic rings. The second-order valence-electron chi connectivity index (χ2n) is 25.4. The standard InChI is InChI=1S/C25H36O2.C24H34O2.2C4H6O2.2CH4/c1-2-25(18-6-13-5-14(8-18)9-19(25)7-13)27-24(26)21-12-17-11-20(21)23-16-4-3-15(10-16)22(17)23;1-24(17-5-12-4-13(7-17)8-18(24)6-12)26-23(25)20-11-16-10-19(20)22-15-3-2-14(9-15)21(16)22;2*1-3-4(5)6-2;;/h13-23H,2-12H2,1H3;12-22H,2-11H2,1H3;2*3H,1H2,2H3;2*1H4. The van der Waals surface area contributed by atoms with Crippen LogP contribution in [-0.4, -0.2) is 49.3 Å². The van der Waals surface area contributed by atoms with Crippen LogP contribution in [0.25, 0.3) is 0 Å². The smallest absolute Gasteiger partial charge is 0.329 e.